The van der Waals surface area contributed by atoms with E-state index in [1.165, 1.54) is 0 Å². The van der Waals surface area contributed by atoms with Gasteiger partial charge in [0.1, 0.15) is 11.5 Å². The molecule has 0 aliphatic carbocycles. The van der Waals surface area contributed by atoms with Gasteiger partial charge in [-0.2, -0.15) is 0 Å². The topological polar surface area (TPSA) is 93.5 Å². The maximum absolute atomic E-state index is 12.2. The Morgan fingerprint density at radius 1 is 1.04 bits per heavy atom. The minimum absolute atomic E-state index is 0. The summed E-state index contributed by atoms with van der Waals surface area (Å²) in [6.45, 7) is 1.76. The monoisotopic (exact) mass is 375 g/mol. The number of halogens is 1. The largest absolute Gasteiger partial charge is 0.457 e. The number of carbonyl (C=O) groups is 2. The van der Waals surface area contributed by atoms with Gasteiger partial charge in [0.25, 0.3) is 5.91 Å². The third kappa shape index (κ3) is 4.97. The predicted octanol–water partition coefficient (Wildman–Crippen LogP) is 2.94. The van der Waals surface area contributed by atoms with Crippen molar-refractivity contribution in [2.45, 2.75) is 12.8 Å². The van der Waals surface area contributed by atoms with Gasteiger partial charge < -0.3 is 21.1 Å². The van der Waals surface area contributed by atoms with E-state index in [-0.39, 0.29) is 24.2 Å². The van der Waals surface area contributed by atoms with Crippen LogP contribution in [0.25, 0.3) is 0 Å². The first-order valence-electron chi connectivity index (χ1n) is 8.32. The summed E-state index contributed by atoms with van der Waals surface area (Å²) in [5.41, 5.74) is 6.39. The van der Waals surface area contributed by atoms with Crippen molar-refractivity contribution in [3.63, 3.8) is 0 Å². The molecule has 1 saturated heterocycles. The number of benzene rings is 2. The van der Waals surface area contributed by atoms with E-state index in [4.69, 9.17) is 10.5 Å². The fraction of sp³-hybridized carbons (Fsp3) is 0.263. The van der Waals surface area contributed by atoms with Crippen molar-refractivity contribution in [3.05, 3.63) is 54.1 Å². The van der Waals surface area contributed by atoms with Crippen LogP contribution in [0.2, 0.25) is 0 Å². The van der Waals surface area contributed by atoms with Gasteiger partial charge in [-0.1, -0.05) is 12.1 Å². The molecule has 0 bridgehead atoms. The van der Waals surface area contributed by atoms with Crippen LogP contribution in [0.15, 0.2) is 48.5 Å². The zero-order valence-corrected chi connectivity index (χ0v) is 15.1. The van der Waals surface area contributed by atoms with Crippen LogP contribution in [0.1, 0.15) is 23.2 Å². The molecule has 0 saturated carbocycles. The van der Waals surface area contributed by atoms with Crippen LogP contribution < -0.4 is 21.1 Å². The summed E-state index contributed by atoms with van der Waals surface area (Å²) in [4.78, 5) is 23.7. The number of primary amides is 1. The number of hydrogen-bond acceptors (Lipinski definition) is 4. The Morgan fingerprint density at radius 2 is 1.69 bits per heavy atom. The van der Waals surface area contributed by atoms with Crippen LogP contribution in [0, 0.1) is 5.92 Å². The van der Waals surface area contributed by atoms with Gasteiger partial charge in [0, 0.05) is 11.6 Å². The van der Waals surface area contributed by atoms with Gasteiger partial charge in [0.2, 0.25) is 5.91 Å². The zero-order valence-electron chi connectivity index (χ0n) is 14.2. The highest BCUT2D eigenvalue weighted by Crippen LogP contribution is 2.26. The van der Waals surface area contributed by atoms with Crippen LogP contribution in [0.3, 0.4) is 0 Å². The molecule has 0 spiro atoms. The maximum Gasteiger partial charge on any atom is 0.252 e. The lowest BCUT2D eigenvalue weighted by molar-refractivity contribution is -0.120. The molecule has 6 nitrogen and oxygen atoms in total. The van der Waals surface area contributed by atoms with Gasteiger partial charge >= 0.3 is 0 Å². The van der Waals surface area contributed by atoms with Gasteiger partial charge in [-0.3, -0.25) is 9.59 Å². The number of ether oxygens (including phenoxy) is 1. The first-order chi connectivity index (χ1) is 12.1. The number of amides is 2. The number of nitrogens with two attached hydrogens (primary N) is 1. The highest BCUT2D eigenvalue weighted by atomic mass is 35.5. The second kappa shape index (κ2) is 9.22. The van der Waals surface area contributed by atoms with Crippen molar-refractivity contribution in [2.24, 2.45) is 11.7 Å². The summed E-state index contributed by atoms with van der Waals surface area (Å²) >= 11 is 0. The molecule has 4 N–H and O–H groups in total. The summed E-state index contributed by atoms with van der Waals surface area (Å²) in [6, 6.07) is 13.9. The Labute approximate surface area is 158 Å². The minimum Gasteiger partial charge on any atom is -0.457 e. The van der Waals surface area contributed by atoms with E-state index >= 15 is 0 Å². The molecule has 0 aromatic heterocycles. The van der Waals surface area contributed by atoms with Gasteiger partial charge in [-0.25, -0.2) is 0 Å². The number of nitrogens with one attached hydrogen (secondary N) is 2. The van der Waals surface area contributed by atoms with E-state index in [1.54, 1.807) is 48.5 Å². The SMILES string of the molecule is Cl.NC(=O)c1ccccc1Oc1ccc(NC(=O)C2CCNCC2)cc1. The molecule has 1 aliphatic rings. The Balaban J connectivity index is 0.00000243. The normalized spacial score (nSPS) is 14.2. The van der Waals surface area contributed by atoms with Crippen molar-refractivity contribution in [2.75, 3.05) is 18.4 Å². The average Bonchev–Trinajstić information content (AvgIpc) is 2.64. The van der Waals surface area contributed by atoms with Crippen LogP contribution in [0.4, 0.5) is 5.69 Å². The number of para-hydroxylation sites is 1. The quantitative estimate of drug-likeness (QED) is 0.749. The molecular formula is C19H22ClN3O3. The number of carbonyl (C=O) groups excluding carboxylic acids is 2. The smallest absolute Gasteiger partial charge is 0.252 e. The Morgan fingerprint density at radius 3 is 2.35 bits per heavy atom. The molecule has 3 rings (SSSR count). The third-order valence-electron chi connectivity index (χ3n) is 4.21. The van der Waals surface area contributed by atoms with E-state index in [0.29, 0.717) is 17.1 Å². The van der Waals surface area contributed by atoms with Gasteiger partial charge in [-0.15, -0.1) is 12.4 Å². The Hall–Kier alpha value is -2.57. The van der Waals surface area contributed by atoms with Gasteiger partial charge in [0.15, 0.2) is 0 Å². The van der Waals surface area contributed by atoms with Crippen molar-refractivity contribution < 1.29 is 14.3 Å². The number of hydrogen-bond donors (Lipinski definition) is 3. The summed E-state index contributed by atoms with van der Waals surface area (Å²) in [6.07, 6.45) is 1.72. The lowest BCUT2D eigenvalue weighted by Crippen LogP contribution is -2.34. The third-order valence-corrected chi connectivity index (χ3v) is 4.21. The van der Waals surface area contributed by atoms with E-state index in [1.807, 2.05) is 0 Å². The molecule has 26 heavy (non-hydrogen) atoms. The van der Waals surface area contributed by atoms with E-state index < -0.39 is 5.91 Å². The summed E-state index contributed by atoms with van der Waals surface area (Å²) in [7, 11) is 0. The molecule has 2 aromatic carbocycles. The summed E-state index contributed by atoms with van der Waals surface area (Å²) in [5, 5.41) is 6.18. The van der Waals surface area contributed by atoms with Crippen LogP contribution in [-0.2, 0) is 4.79 Å². The van der Waals surface area contributed by atoms with Gasteiger partial charge in [0.05, 0.1) is 5.56 Å². The Kier molecular flexibility index (Phi) is 7.00. The molecule has 1 aliphatic heterocycles. The molecule has 138 valence electrons. The Bertz CT molecular complexity index is 759. The van der Waals surface area contributed by atoms with Crippen LogP contribution in [0.5, 0.6) is 11.5 Å². The lowest BCUT2D eigenvalue weighted by atomic mass is 9.97. The fourth-order valence-electron chi connectivity index (χ4n) is 2.82. The molecule has 0 radical (unpaired) electrons. The molecule has 2 amide bonds. The van der Waals surface area contributed by atoms with E-state index in [9.17, 15) is 9.59 Å². The molecule has 0 unspecified atom stereocenters. The van der Waals surface area contributed by atoms with E-state index in [2.05, 4.69) is 10.6 Å². The zero-order chi connectivity index (χ0) is 17.6. The number of piperidine rings is 1. The molecule has 0 atom stereocenters. The van der Waals surface area contributed by atoms with Crippen molar-refractivity contribution in [1.29, 1.82) is 0 Å². The van der Waals surface area contributed by atoms with Crippen molar-refractivity contribution in [3.8, 4) is 11.5 Å². The summed E-state index contributed by atoms with van der Waals surface area (Å²) < 4.78 is 5.73. The van der Waals surface area contributed by atoms with Crippen LogP contribution in [-0.4, -0.2) is 24.9 Å². The van der Waals surface area contributed by atoms with E-state index in [0.717, 1.165) is 31.6 Å². The predicted molar refractivity (Wildman–Crippen MR) is 103 cm³/mol. The summed E-state index contributed by atoms with van der Waals surface area (Å²) in [5.74, 6) is 0.533. The van der Waals surface area contributed by atoms with Crippen LogP contribution >= 0.6 is 12.4 Å². The molecule has 1 fully saturated rings. The van der Waals surface area contributed by atoms with Crippen molar-refractivity contribution >= 4 is 29.9 Å². The second-order valence-corrected chi connectivity index (χ2v) is 6.00. The number of anilines is 1. The maximum atomic E-state index is 12.2. The van der Waals surface area contributed by atoms with Crippen molar-refractivity contribution in [1.82, 2.24) is 5.32 Å². The molecule has 1 heterocycles. The molecule has 2 aromatic rings. The molecule has 7 heteroatoms. The number of rotatable bonds is 5. The minimum atomic E-state index is -0.540. The van der Waals surface area contributed by atoms with Gasteiger partial charge in [-0.05, 0) is 62.3 Å². The highest BCUT2D eigenvalue weighted by Gasteiger charge is 2.20. The second-order valence-electron chi connectivity index (χ2n) is 6.00. The molecular weight excluding hydrogens is 354 g/mol. The highest BCUT2D eigenvalue weighted by molar-refractivity contribution is 5.95. The first-order valence-corrected chi connectivity index (χ1v) is 8.32. The average molecular weight is 376 g/mol. The first kappa shape index (κ1) is 19.8. The standard InChI is InChI=1S/C19H21N3O3.ClH/c20-18(23)16-3-1-2-4-17(16)25-15-7-5-14(6-8-15)22-19(24)13-9-11-21-12-10-13;/h1-8,13,21H,9-12H2,(H2,20,23)(H,22,24);1H. The lowest BCUT2D eigenvalue weighted by Gasteiger charge is -2.21. The fourth-order valence-corrected chi connectivity index (χ4v) is 2.82.